The Labute approximate surface area is 118 Å². The summed E-state index contributed by atoms with van der Waals surface area (Å²) in [6, 6.07) is 0. The zero-order chi connectivity index (χ0) is 13.0. The first-order valence-corrected chi connectivity index (χ1v) is 8.45. The molecule has 0 atom stereocenters. The number of nitrogens with zero attached hydrogens (tertiary/aromatic N) is 2. The predicted octanol–water partition coefficient (Wildman–Crippen LogP) is 2.97. The van der Waals surface area contributed by atoms with Crippen LogP contribution in [0.15, 0.2) is 6.20 Å². The lowest BCUT2D eigenvalue weighted by Crippen LogP contribution is -2.26. The van der Waals surface area contributed by atoms with E-state index in [9.17, 15) is 0 Å². The Bertz CT molecular complexity index is 376. The summed E-state index contributed by atoms with van der Waals surface area (Å²) < 4.78 is 0.415. The molecule has 1 saturated heterocycles. The van der Waals surface area contributed by atoms with E-state index in [0.717, 1.165) is 26.2 Å². The van der Waals surface area contributed by atoms with Crippen molar-refractivity contribution in [2.24, 2.45) is 0 Å². The van der Waals surface area contributed by atoms with Crippen LogP contribution in [0.1, 0.15) is 32.1 Å². The topological polar surface area (TPSA) is 28.2 Å². The van der Waals surface area contributed by atoms with Crippen LogP contribution >= 0.6 is 23.1 Å². The Hall–Kier alpha value is -0.260. The van der Waals surface area contributed by atoms with E-state index in [0.29, 0.717) is 4.75 Å². The Morgan fingerprint density at radius 3 is 3.06 bits per heavy atom. The highest BCUT2D eigenvalue weighted by molar-refractivity contribution is 8.00. The summed E-state index contributed by atoms with van der Waals surface area (Å²) in [6.07, 6.45) is 3.26. The van der Waals surface area contributed by atoms with Gasteiger partial charge in [-0.2, -0.15) is 11.8 Å². The number of aromatic nitrogens is 1. The molecule has 2 rings (SSSR count). The molecule has 1 aliphatic rings. The molecule has 0 amide bonds. The molecule has 18 heavy (non-hydrogen) atoms. The Morgan fingerprint density at radius 1 is 1.44 bits per heavy atom. The molecule has 1 fully saturated rings. The smallest absolute Gasteiger partial charge is 0.185 e. The Balaban J connectivity index is 1.96. The van der Waals surface area contributed by atoms with Gasteiger partial charge >= 0.3 is 0 Å². The third-order valence-corrected chi connectivity index (χ3v) is 5.63. The molecular formula is C13H23N3S2. The number of hydrogen-bond acceptors (Lipinski definition) is 5. The van der Waals surface area contributed by atoms with Crippen LogP contribution in [0.3, 0.4) is 0 Å². The SMILES string of the molecule is CCNCc1cnc(N2CCSC(C)(C)CC2)s1. The average molecular weight is 285 g/mol. The van der Waals surface area contributed by atoms with Crippen molar-refractivity contribution in [1.29, 1.82) is 0 Å². The molecule has 0 bridgehead atoms. The first-order valence-electron chi connectivity index (χ1n) is 6.65. The van der Waals surface area contributed by atoms with Crippen molar-refractivity contribution in [3.8, 4) is 0 Å². The van der Waals surface area contributed by atoms with Crippen LogP contribution in [0.5, 0.6) is 0 Å². The summed E-state index contributed by atoms with van der Waals surface area (Å²) in [6.45, 7) is 11.1. The molecule has 0 aromatic carbocycles. The average Bonchev–Trinajstić information content (AvgIpc) is 2.72. The van der Waals surface area contributed by atoms with Crippen molar-refractivity contribution in [3.05, 3.63) is 11.1 Å². The third-order valence-electron chi connectivity index (χ3n) is 3.20. The molecule has 102 valence electrons. The highest BCUT2D eigenvalue weighted by Crippen LogP contribution is 2.33. The lowest BCUT2D eigenvalue weighted by Gasteiger charge is -2.22. The number of rotatable bonds is 4. The minimum atomic E-state index is 0.415. The van der Waals surface area contributed by atoms with Gasteiger partial charge in [-0.1, -0.05) is 20.8 Å². The predicted molar refractivity (Wildman–Crippen MR) is 82.9 cm³/mol. The molecule has 1 aromatic rings. The molecule has 0 spiro atoms. The fourth-order valence-electron chi connectivity index (χ4n) is 1.98. The highest BCUT2D eigenvalue weighted by atomic mass is 32.2. The third kappa shape index (κ3) is 3.87. The second-order valence-corrected chi connectivity index (χ2v) is 8.13. The molecule has 0 saturated carbocycles. The zero-order valence-corrected chi connectivity index (χ0v) is 13.2. The lowest BCUT2D eigenvalue weighted by atomic mass is 10.1. The first-order chi connectivity index (χ1) is 8.61. The van der Waals surface area contributed by atoms with Crippen LogP contribution in [0, 0.1) is 0 Å². The van der Waals surface area contributed by atoms with Crippen LogP contribution in [0.25, 0.3) is 0 Å². The molecule has 0 unspecified atom stereocenters. The van der Waals surface area contributed by atoms with Gasteiger partial charge in [-0.3, -0.25) is 0 Å². The normalized spacial score (nSPS) is 19.8. The lowest BCUT2D eigenvalue weighted by molar-refractivity contribution is 0.637. The van der Waals surface area contributed by atoms with Gasteiger partial charge in [0.25, 0.3) is 0 Å². The largest absolute Gasteiger partial charge is 0.347 e. The zero-order valence-electron chi connectivity index (χ0n) is 11.5. The van der Waals surface area contributed by atoms with Gasteiger partial charge in [-0.15, -0.1) is 11.3 Å². The summed E-state index contributed by atoms with van der Waals surface area (Å²) in [5.41, 5.74) is 0. The second-order valence-electron chi connectivity index (χ2n) is 5.23. The monoisotopic (exact) mass is 285 g/mol. The molecule has 1 aliphatic heterocycles. The fourth-order valence-corrected chi connectivity index (χ4v) is 4.02. The molecule has 1 aromatic heterocycles. The number of thiazole rings is 1. The van der Waals surface area contributed by atoms with Gasteiger partial charge < -0.3 is 10.2 Å². The second kappa shape index (κ2) is 6.26. The summed E-state index contributed by atoms with van der Waals surface area (Å²) in [7, 11) is 0. The van der Waals surface area contributed by atoms with Crippen LogP contribution in [0.2, 0.25) is 0 Å². The first kappa shape index (κ1) is 14.2. The van der Waals surface area contributed by atoms with E-state index in [-0.39, 0.29) is 0 Å². The maximum absolute atomic E-state index is 4.58. The molecule has 3 nitrogen and oxygen atoms in total. The van der Waals surface area contributed by atoms with Crippen molar-refractivity contribution in [1.82, 2.24) is 10.3 Å². The van der Waals surface area contributed by atoms with Gasteiger partial charge in [0.05, 0.1) is 0 Å². The maximum Gasteiger partial charge on any atom is 0.185 e. The number of anilines is 1. The van der Waals surface area contributed by atoms with Gasteiger partial charge in [-0.05, 0) is 13.0 Å². The highest BCUT2D eigenvalue weighted by Gasteiger charge is 2.24. The molecule has 0 radical (unpaired) electrons. The van der Waals surface area contributed by atoms with Gasteiger partial charge in [0.1, 0.15) is 0 Å². The quantitative estimate of drug-likeness (QED) is 0.920. The summed E-state index contributed by atoms with van der Waals surface area (Å²) >= 11 is 3.91. The van der Waals surface area contributed by atoms with Crippen LogP contribution in [-0.2, 0) is 6.54 Å². The van der Waals surface area contributed by atoms with Gasteiger partial charge in [-0.25, -0.2) is 4.98 Å². The van der Waals surface area contributed by atoms with E-state index >= 15 is 0 Å². The minimum absolute atomic E-state index is 0.415. The van der Waals surface area contributed by atoms with Gasteiger partial charge in [0.15, 0.2) is 5.13 Å². The van der Waals surface area contributed by atoms with Crippen LogP contribution < -0.4 is 10.2 Å². The fraction of sp³-hybridized carbons (Fsp3) is 0.769. The molecule has 2 heterocycles. The summed E-state index contributed by atoms with van der Waals surface area (Å²) in [4.78, 5) is 8.36. The molecule has 1 N–H and O–H groups in total. The molecule has 5 heteroatoms. The minimum Gasteiger partial charge on any atom is -0.347 e. The Morgan fingerprint density at radius 2 is 2.28 bits per heavy atom. The van der Waals surface area contributed by atoms with Crippen LogP contribution in [-0.4, -0.2) is 35.1 Å². The summed E-state index contributed by atoms with van der Waals surface area (Å²) in [5.74, 6) is 1.20. The maximum atomic E-state index is 4.58. The Kier molecular flexibility index (Phi) is 4.92. The van der Waals surface area contributed by atoms with E-state index in [1.165, 1.54) is 22.2 Å². The van der Waals surface area contributed by atoms with Gasteiger partial charge in [0, 0.05) is 41.2 Å². The van der Waals surface area contributed by atoms with Gasteiger partial charge in [0.2, 0.25) is 0 Å². The van der Waals surface area contributed by atoms with Crippen molar-refractivity contribution >= 4 is 28.2 Å². The number of thioether (sulfide) groups is 1. The van der Waals surface area contributed by atoms with E-state index in [4.69, 9.17) is 0 Å². The molecular weight excluding hydrogens is 262 g/mol. The summed E-state index contributed by atoms with van der Waals surface area (Å²) in [5, 5.41) is 4.55. The van der Waals surface area contributed by atoms with E-state index in [2.05, 4.69) is 47.7 Å². The van der Waals surface area contributed by atoms with E-state index < -0.39 is 0 Å². The number of nitrogens with one attached hydrogen (secondary N) is 1. The van der Waals surface area contributed by atoms with Crippen LogP contribution in [0.4, 0.5) is 5.13 Å². The van der Waals surface area contributed by atoms with Crippen molar-refractivity contribution in [2.45, 2.75) is 38.5 Å². The van der Waals surface area contributed by atoms with Crippen molar-refractivity contribution < 1.29 is 0 Å². The standard InChI is InChI=1S/C13H23N3S2/c1-4-14-9-11-10-15-12(18-11)16-6-5-13(2,3)17-8-7-16/h10,14H,4-9H2,1-3H3. The van der Waals surface area contributed by atoms with E-state index in [1.807, 2.05) is 17.5 Å². The van der Waals surface area contributed by atoms with E-state index in [1.54, 1.807) is 0 Å². The van der Waals surface area contributed by atoms with Crippen molar-refractivity contribution in [3.63, 3.8) is 0 Å². The number of hydrogen-bond donors (Lipinski definition) is 1. The van der Waals surface area contributed by atoms with Crippen molar-refractivity contribution in [2.75, 3.05) is 30.3 Å². The molecule has 0 aliphatic carbocycles.